The Morgan fingerprint density at radius 1 is 1.40 bits per heavy atom. The monoisotopic (exact) mass is 271 g/mol. The molecule has 15 heavy (non-hydrogen) atoms. The predicted molar refractivity (Wildman–Crippen MR) is 61.6 cm³/mol. The van der Waals surface area contributed by atoms with Gasteiger partial charge in [0.1, 0.15) is 0 Å². The number of hydrogen-bond acceptors (Lipinski definition) is 4. The molecule has 0 aromatic carbocycles. The second-order valence-corrected chi connectivity index (χ2v) is 4.97. The molecule has 1 aliphatic rings. The SMILES string of the molecule is OCCC1(CNc2ncc(Br)cn2)CC1. The normalized spacial score (nSPS) is 17.5. The summed E-state index contributed by atoms with van der Waals surface area (Å²) in [6.45, 7) is 1.12. The highest BCUT2D eigenvalue weighted by Crippen LogP contribution is 2.48. The lowest BCUT2D eigenvalue weighted by atomic mass is 10.0. The zero-order valence-corrected chi connectivity index (χ0v) is 10.00. The molecule has 1 saturated carbocycles. The van der Waals surface area contributed by atoms with Crippen LogP contribution in [-0.4, -0.2) is 28.2 Å². The fourth-order valence-electron chi connectivity index (χ4n) is 1.60. The molecule has 0 unspecified atom stereocenters. The van der Waals surface area contributed by atoms with E-state index in [1.807, 2.05) is 0 Å². The van der Waals surface area contributed by atoms with Crippen molar-refractivity contribution in [2.75, 3.05) is 18.5 Å². The molecule has 0 radical (unpaired) electrons. The summed E-state index contributed by atoms with van der Waals surface area (Å²) < 4.78 is 0.879. The molecule has 82 valence electrons. The van der Waals surface area contributed by atoms with Gasteiger partial charge in [-0.3, -0.25) is 0 Å². The zero-order chi connectivity index (χ0) is 10.7. The Morgan fingerprint density at radius 3 is 2.60 bits per heavy atom. The van der Waals surface area contributed by atoms with Crippen LogP contribution in [-0.2, 0) is 0 Å². The summed E-state index contributed by atoms with van der Waals surface area (Å²) in [5.74, 6) is 0.655. The molecule has 0 spiro atoms. The predicted octanol–water partition coefficient (Wildman–Crippen LogP) is 1.81. The first-order valence-electron chi connectivity index (χ1n) is 5.06. The summed E-state index contributed by atoms with van der Waals surface area (Å²) in [4.78, 5) is 8.28. The number of nitrogens with zero attached hydrogens (tertiary/aromatic N) is 2. The van der Waals surface area contributed by atoms with Gasteiger partial charge in [0.25, 0.3) is 0 Å². The number of aliphatic hydroxyl groups is 1. The smallest absolute Gasteiger partial charge is 0.222 e. The van der Waals surface area contributed by atoms with E-state index in [0.29, 0.717) is 11.4 Å². The maximum Gasteiger partial charge on any atom is 0.222 e. The molecule has 2 rings (SSSR count). The van der Waals surface area contributed by atoms with E-state index in [4.69, 9.17) is 5.11 Å². The van der Waals surface area contributed by atoms with Crippen LogP contribution in [0.3, 0.4) is 0 Å². The molecule has 0 atom stereocenters. The van der Waals surface area contributed by atoms with E-state index in [0.717, 1.165) is 17.4 Å². The summed E-state index contributed by atoms with van der Waals surface area (Å²) in [5.41, 5.74) is 0.297. The minimum absolute atomic E-state index is 0.267. The van der Waals surface area contributed by atoms with Crippen molar-refractivity contribution in [3.05, 3.63) is 16.9 Å². The van der Waals surface area contributed by atoms with Gasteiger partial charge >= 0.3 is 0 Å². The van der Waals surface area contributed by atoms with Crippen LogP contribution in [0.4, 0.5) is 5.95 Å². The summed E-state index contributed by atoms with van der Waals surface area (Å²) in [6.07, 6.45) is 6.70. The molecule has 5 heteroatoms. The summed E-state index contributed by atoms with van der Waals surface area (Å²) in [5, 5.41) is 12.1. The van der Waals surface area contributed by atoms with Gasteiger partial charge in [-0.2, -0.15) is 0 Å². The van der Waals surface area contributed by atoms with Crippen molar-refractivity contribution in [1.82, 2.24) is 9.97 Å². The Balaban J connectivity index is 1.85. The Morgan fingerprint density at radius 2 is 2.07 bits per heavy atom. The zero-order valence-electron chi connectivity index (χ0n) is 8.41. The van der Waals surface area contributed by atoms with Gasteiger partial charge in [0.15, 0.2) is 0 Å². The molecule has 0 amide bonds. The van der Waals surface area contributed by atoms with E-state index < -0.39 is 0 Å². The van der Waals surface area contributed by atoms with E-state index in [1.54, 1.807) is 12.4 Å². The minimum atomic E-state index is 0.267. The third-order valence-electron chi connectivity index (χ3n) is 2.84. The Labute approximate surface area is 97.3 Å². The maximum atomic E-state index is 8.91. The third kappa shape index (κ3) is 2.89. The van der Waals surface area contributed by atoms with E-state index >= 15 is 0 Å². The van der Waals surface area contributed by atoms with Crippen molar-refractivity contribution in [2.45, 2.75) is 19.3 Å². The van der Waals surface area contributed by atoms with Crippen LogP contribution in [0.1, 0.15) is 19.3 Å². The van der Waals surface area contributed by atoms with Crippen LogP contribution in [0.25, 0.3) is 0 Å². The number of anilines is 1. The van der Waals surface area contributed by atoms with Crippen LogP contribution in [0.2, 0.25) is 0 Å². The lowest BCUT2D eigenvalue weighted by Gasteiger charge is -2.13. The number of aromatic nitrogens is 2. The van der Waals surface area contributed by atoms with Crippen LogP contribution in [0, 0.1) is 5.41 Å². The van der Waals surface area contributed by atoms with Gasteiger partial charge in [-0.25, -0.2) is 9.97 Å². The van der Waals surface area contributed by atoms with Gasteiger partial charge in [0, 0.05) is 25.5 Å². The lowest BCUT2D eigenvalue weighted by Crippen LogP contribution is -2.17. The average Bonchev–Trinajstić information content (AvgIpc) is 2.99. The van der Waals surface area contributed by atoms with Crippen LogP contribution in [0.5, 0.6) is 0 Å². The maximum absolute atomic E-state index is 8.91. The molecule has 0 aliphatic heterocycles. The molecule has 1 fully saturated rings. The van der Waals surface area contributed by atoms with Gasteiger partial charge < -0.3 is 10.4 Å². The Hall–Kier alpha value is -0.680. The standard InChI is InChI=1S/C10H14BrN3O/c11-8-5-12-9(13-6-8)14-7-10(1-2-10)3-4-15/h5-6,15H,1-4,7H2,(H,12,13,14). The first-order chi connectivity index (χ1) is 7.24. The molecule has 1 aromatic rings. The molecule has 1 aliphatic carbocycles. The van der Waals surface area contributed by atoms with Crippen molar-refractivity contribution in [3.63, 3.8) is 0 Å². The number of hydrogen-bond donors (Lipinski definition) is 2. The molecule has 0 saturated heterocycles. The number of nitrogens with one attached hydrogen (secondary N) is 1. The third-order valence-corrected chi connectivity index (χ3v) is 3.25. The molecule has 1 heterocycles. The van der Waals surface area contributed by atoms with E-state index in [9.17, 15) is 0 Å². The first kappa shape index (κ1) is 10.8. The van der Waals surface area contributed by atoms with Gasteiger partial charge in [0.05, 0.1) is 4.47 Å². The van der Waals surface area contributed by atoms with Crippen LogP contribution < -0.4 is 5.32 Å². The molecule has 2 N–H and O–H groups in total. The number of aliphatic hydroxyl groups excluding tert-OH is 1. The van der Waals surface area contributed by atoms with Crippen molar-refractivity contribution in [2.24, 2.45) is 5.41 Å². The molecule has 4 nitrogen and oxygen atoms in total. The molecular weight excluding hydrogens is 258 g/mol. The van der Waals surface area contributed by atoms with Crippen molar-refractivity contribution < 1.29 is 5.11 Å². The van der Waals surface area contributed by atoms with Crippen LogP contribution in [0.15, 0.2) is 16.9 Å². The Bertz CT molecular complexity index is 324. The van der Waals surface area contributed by atoms with Gasteiger partial charge in [-0.05, 0) is 40.6 Å². The second kappa shape index (κ2) is 4.45. The highest BCUT2D eigenvalue weighted by molar-refractivity contribution is 9.10. The Kier molecular flexibility index (Phi) is 3.21. The summed E-state index contributed by atoms with van der Waals surface area (Å²) in [7, 11) is 0. The van der Waals surface area contributed by atoms with E-state index in [2.05, 4.69) is 31.2 Å². The largest absolute Gasteiger partial charge is 0.396 e. The first-order valence-corrected chi connectivity index (χ1v) is 5.86. The quantitative estimate of drug-likeness (QED) is 0.858. The van der Waals surface area contributed by atoms with E-state index in [1.165, 1.54) is 12.8 Å². The molecule has 0 bridgehead atoms. The highest BCUT2D eigenvalue weighted by atomic mass is 79.9. The van der Waals surface area contributed by atoms with Gasteiger partial charge in [0.2, 0.25) is 5.95 Å². The van der Waals surface area contributed by atoms with Crippen molar-refractivity contribution >= 4 is 21.9 Å². The van der Waals surface area contributed by atoms with Crippen molar-refractivity contribution in [3.8, 4) is 0 Å². The molecular formula is C10H14BrN3O. The highest BCUT2D eigenvalue weighted by Gasteiger charge is 2.41. The average molecular weight is 272 g/mol. The minimum Gasteiger partial charge on any atom is -0.396 e. The van der Waals surface area contributed by atoms with E-state index in [-0.39, 0.29) is 6.61 Å². The number of halogens is 1. The van der Waals surface area contributed by atoms with Gasteiger partial charge in [-0.15, -0.1) is 0 Å². The lowest BCUT2D eigenvalue weighted by molar-refractivity contribution is 0.253. The second-order valence-electron chi connectivity index (χ2n) is 4.05. The van der Waals surface area contributed by atoms with Crippen molar-refractivity contribution in [1.29, 1.82) is 0 Å². The fourth-order valence-corrected chi connectivity index (χ4v) is 1.80. The topological polar surface area (TPSA) is 58.0 Å². The molecule has 1 aromatic heterocycles. The van der Waals surface area contributed by atoms with Crippen LogP contribution >= 0.6 is 15.9 Å². The van der Waals surface area contributed by atoms with Gasteiger partial charge in [-0.1, -0.05) is 0 Å². The summed E-state index contributed by atoms with van der Waals surface area (Å²) >= 11 is 3.29. The fraction of sp³-hybridized carbons (Fsp3) is 0.600. The summed E-state index contributed by atoms with van der Waals surface area (Å²) in [6, 6.07) is 0. The number of rotatable bonds is 5.